The van der Waals surface area contributed by atoms with Gasteiger partial charge in [-0.15, -0.1) is 0 Å². The molecule has 1 aromatic heterocycles. The molecule has 8 heteroatoms. The van der Waals surface area contributed by atoms with Gasteiger partial charge >= 0.3 is 0 Å². The van der Waals surface area contributed by atoms with E-state index in [1.807, 2.05) is 27.0 Å². The van der Waals surface area contributed by atoms with Gasteiger partial charge in [0.1, 0.15) is 6.04 Å². The van der Waals surface area contributed by atoms with Gasteiger partial charge in [-0.05, 0) is 30.7 Å². The number of carbonyl (C=O) groups excluding carboxylic acids is 2. The van der Waals surface area contributed by atoms with Crippen LogP contribution in [0, 0.1) is 18.8 Å². The Labute approximate surface area is 180 Å². The monoisotopic (exact) mass is 421 g/mol. The average Bonchev–Trinajstić information content (AvgIpc) is 3.11. The number of carbonyl (C=O) groups is 2. The number of aliphatic hydroxyl groups is 1. The van der Waals surface area contributed by atoms with Crippen LogP contribution >= 0.6 is 0 Å². The van der Waals surface area contributed by atoms with E-state index in [2.05, 4.69) is 15.7 Å². The number of aryl methyl sites for hydroxylation is 1. The second-order valence-corrected chi connectivity index (χ2v) is 9.17. The van der Waals surface area contributed by atoms with Gasteiger partial charge in [-0.3, -0.25) is 14.3 Å². The van der Waals surface area contributed by atoms with Crippen LogP contribution in [0.15, 0.2) is 12.4 Å². The van der Waals surface area contributed by atoms with E-state index in [9.17, 15) is 14.7 Å². The summed E-state index contributed by atoms with van der Waals surface area (Å²) in [5.74, 6) is 0.260. The lowest BCUT2D eigenvalue weighted by atomic mass is 9.83. The van der Waals surface area contributed by atoms with E-state index in [-0.39, 0.29) is 24.8 Å². The Kier molecular flexibility index (Phi) is 9.78. The second-order valence-electron chi connectivity index (χ2n) is 9.17. The quantitative estimate of drug-likeness (QED) is 0.431. The van der Waals surface area contributed by atoms with E-state index in [1.54, 1.807) is 10.9 Å². The van der Waals surface area contributed by atoms with Gasteiger partial charge in [0, 0.05) is 12.7 Å². The van der Waals surface area contributed by atoms with Crippen molar-refractivity contribution in [1.82, 2.24) is 20.4 Å². The zero-order valence-corrected chi connectivity index (χ0v) is 18.6. The molecular weight excluding hydrogens is 382 g/mol. The van der Waals surface area contributed by atoms with Crippen molar-refractivity contribution >= 4 is 11.8 Å². The molecule has 3 atom stereocenters. The lowest BCUT2D eigenvalue weighted by Crippen LogP contribution is -2.52. The van der Waals surface area contributed by atoms with E-state index >= 15 is 0 Å². The van der Waals surface area contributed by atoms with Crippen LogP contribution in [0.2, 0.25) is 0 Å². The lowest BCUT2D eigenvalue weighted by molar-refractivity contribution is -0.127. The van der Waals surface area contributed by atoms with Crippen LogP contribution in [0.1, 0.15) is 64.4 Å². The van der Waals surface area contributed by atoms with Crippen LogP contribution in [-0.4, -0.2) is 51.4 Å². The number of nitrogens with two attached hydrogens (primary N) is 1. The Morgan fingerprint density at radius 1 is 1.30 bits per heavy atom. The summed E-state index contributed by atoms with van der Waals surface area (Å²) in [6.45, 7) is 6.80. The van der Waals surface area contributed by atoms with Gasteiger partial charge in [0.05, 0.1) is 31.3 Å². The van der Waals surface area contributed by atoms with Crippen LogP contribution in [0.4, 0.5) is 0 Å². The Balaban J connectivity index is 1.96. The lowest BCUT2D eigenvalue weighted by Gasteiger charge is -2.30. The third-order valence-corrected chi connectivity index (χ3v) is 5.69. The molecule has 0 unspecified atom stereocenters. The second kappa shape index (κ2) is 12.1. The minimum atomic E-state index is -0.942. The van der Waals surface area contributed by atoms with Crippen molar-refractivity contribution in [2.24, 2.45) is 17.6 Å². The minimum Gasteiger partial charge on any atom is -0.390 e. The highest BCUT2D eigenvalue weighted by molar-refractivity contribution is 5.82. The molecule has 1 saturated carbocycles. The number of hydrogen-bond acceptors (Lipinski definition) is 5. The summed E-state index contributed by atoms with van der Waals surface area (Å²) in [7, 11) is 0. The zero-order valence-electron chi connectivity index (χ0n) is 18.6. The van der Waals surface area contributed by atoms with Gasteiger partial charge in [-0.2, -0.15) is 5.10 Å². The number of rotatable bonds is 11. The first-order valence-electron chi connectivity index (χ1n) is 11.2. The Morgan fingerprint density at radius 3 is 2.60 bits per heavy atom. The van der Waals surface area contributed by atoms with Crippen LogP contribution in [0.25, 0.3) is 0 Å². The summed E-state index contributed by atoms with van der Waals surface area (Å²) in [4.78, 5) is 24.9. The van der Waals surface area contributed by atoms with E-state index in [1.165, 1.54) is 19.3 Å². The smallest absolute Gasteiger partial charge is 0.239 e. The van der Waals surface area contributed by atoms with Crippen LogP contribution in [-0.2, 0) is 16.1 Å². The van der Waals surface area contributed by atoms with Crippen molar-refractivity contribution in [2.45, 2.75) is 90.4 Å². The van der Waals surface area contributed by atoms with Crippen LogP contribution in [0.5, 0.6) is 0 Å². The predicted molar refractivity (Wildman–Crippen MR) is 117 cm³/mol. The van der Waals surface area contributed by atoms with Gasteiger partial charge in [0.25, 0.3) is 0 Å². The molecule has 0 bridgehead atoms. The number of aliphatic hydroxyl groups excluding tert-OH is 1. The third kappa shape index (κ3) is 8.44. The van der Waals surface area contributed by atoms with E-state index in [0.29, 0.717) is 24.8 Å². The summed E-state index contributed by atoms with van der Waals surface area (Å²) in [5.41, 5.74) is 7.09. The summed E-state index contributed by atoms with van der Waals surface area (Å²) in [6, 6.07) is -1.27. The van der Waals surface area contributed by atoms with Crippen molar-refractivity contribution < 1.29 is 14.7 Å². The molecule has 0 aliphatic heterocycles. The fourth-order valence-corrected chi connectivity index (χ4v) is 3.96. The maximum atomic E-state index is 12.7. The molecule has 0 spiro atoms. The molecule has 1 fully saturated rings. The van der Waals surface area contributed by atoms with Gasteiger partial charge < -0.3 is 21.5 Å². The Hall–Kier alpha value is -1.93. The first-order valence-corrected chi connectivity index (χ1v) is 11.2. The SMILES string of the molecule is Cc1cnn(C[C@H](N)C(=O)N[C@@H](CC2CCCCC2)[C@@H](O)CC(=O)NCC(C)C)c1. The summed E-state index contributed by atoms with van der Waals surface area (Å²) < 4.78 is 1.64. The van der Waals surface area contributed by atoms with E-state index in [4.69, 9.17) is 5.73 Å². The fourth-order valence-electron chi connectivity index (χ4n) is 3.96. The van der Waals surface area contributed by atoms with Crippen molar-refractivity contribution in [3.8, 4) is 0 Å². The molecular formula is C22H39N5O3. The average molecular weight is 422 g/mol. The maximum absolute atomic E-state index is 12.7. The number of amides is 2. The molecule has 2 amide bonds. The molecule has 2 rings (SSSR count). The normalized spacial score (nSPS) is 18.1. The highest BCUT2D eigenvalue weighted by Crippen LogP contribution is 2.28. The number of aromatic nitrogens is 2. The van der Waals surface area contributed by atoms with Gasteiger partial charge in [-0.25, -0.2) is 0 Å². The molecule has 1 heterocycles. The highest BCUT2D eigenvalue weighted by atomic mass is 16.3. The first-order chi connectivity index (χ1) is 14.2. The van der Waals surface area contributed by atoms with Crippen molar-refractivity contribution in [1.29, 1.82) is 0 Å². The standard InChI is InChI=1S/C22H39N5O3/c1-15(2)11-24-21(29)10-20(28)19(9-17-7-5-4-6-8-17)26-22(30)18(23)14-27-13-16(3)12-25-27/h12-13,15,17-20,28H,4-11,14,23H2,1-3H3,(H,24,29)(H,26,30)/t18-,19-,20-/m0/s1. The Bertz CT molecular complexity index is 669. The molecule has 0 aromatic carbocycles. The molecule has 1 aromatic rings. The maximum Gasteiger partial charge on any atom is 0.239 e. The minimum absolute atomic E-state index is 0.0298. The van der Waals surface area contributed by atoms with E-state index < -0.39 is 18.2 Å². The molecule has 8 nitrogen and oxygen atoms in total. The summed E-state index contributed by atoms with van der Waals surface area (Å²) in [6.07, 6.45) is 9.02. The summed E-state index contributed by atoms with van der Waals surface area (Å²) in [5, 5.41) is 20.7. The van der Waals surface area contributed by atoms with Crippen LogP contribution < -0.4 is 16.4 Å². The molecule has 1 aliphatic carbocycles. The molecule has 5 N–H and O–H groups in total. The predicted octanol–water partition coefficient (Wildman–Crippen LogP) is 1.50. The topological polar surface area (TPSA) is 122 Å². The molecule has 0 radical (unpaired) electrons. The number of nitrogens with one attached hydrogen (secondary N) is 2. The fraction of sp³-hybridized carbons (Fsp3) is 0.773. The molecule has 0 saturated heterocycles. The first kappa shape index (κ1) is 24.3. The molecule has 1 aliphatic rings. The molecule has 170 valence electrons. The van der Waals surface area contributed by atoms with Crippen molar-refractivity contribution in [2.75, 3.05) is 6.54 Å². The summed E-state index contributed by atoms with van der Waals surface area (Å²) >= 11 is 0. The van der Waals surface area contributed by atoms with Gasteiger partial charge in [-0.1, -0.05) is 46.0 Å². The van der Waals surface area contributed by atoms with Gasteiger partial charge in [0.2, 0.25) is 11.8 Å². The van der Waals surface area contributed by atoms with Gasteiger partial charge in [0.15, 0.2) is 0 Å². The Morgan fingerprint density at radius 2 is 2.00 bits per heavy atom. The largest absolute Gasteiger partial charge is 0.390 e. The number of hydrogen-bond donors (Lipinski definition) is 4. The third-order valence-electron chi connectivity index (χ3n) is 5.69. The zero-order chi connectivity index (χ0) is 22.1. The van der Waals surface area contributed by atoms with E-state index in [0.717, 1.165) is 18.4 Å². The van der Waals surface area contributed by atoms with Crippen molar-refractivity contribution in [3.63, 3.8) is 0 Å². The van der Waals surface area contributed by atoms with Crippen molar-refractivity contribution in [3.05, 3.63) is 18.0 Å². The highest BCUT2D eigenvalue weighted by Gasteiger charge is 2.29. The number of nitrogens with zero attached hydrogens (tertiary/aromatic N) is 2. The molecule has 30 heavy (non-hydrogen) atoms. The van der Waals surface area contributed by atoms with Crippen LogP contribution in [0.3, 0.4) is 0 Å².